The van der Waals surface area contributed by atoms with E-state index in [2.05, 4.69) is 125 Å². The van der Waals surface area contributed by atoms with Gasteiger partial charge in [0.15, 0.2) is 5.78 Å². The van der Waals surface area contributed by atoms with Crippen LogP contribution in [0.3, 0.4) is 0 Å². The summed E-state index contributed by atoms with van der Waals surface area (Å²) < 4.78 is 1.26. The zero-order chi connectivity index (χ0) is 37.4. The number of benzene rings is 4. The van der Waals surface area contributed by atoms with Crippen LogP contribution in [0.5, 0.6) is 0 Å². The molecule has 2 heterocycles. The number of aromatic nitrogens is 1. The van der Waals surface area contributed by atoms with Crippen molar-refractivity contribution in [1.29, 1.82) is 0 Å². The molecule has 0 fully saturated rings. The Bertz CT molecular complexity index is 2130. The second-order valence-electron chi connectivity index (χ2n) is 15.1. The maximum absolute atomic E-state index is 11.7. The van der Waals surface area contributed by atoms with Gasteiger partial charge in [0.25, 0.3) is 0 Å². The number of aliphatic hydroxyl groups excluding tert-OH is 1. The molecular weight excluding hydrogens is 847 g/mol. The SMILES string of the molecule is CCC(CC)C(=O)/C=C(\O)C(CC)CC.Cc1cc2c(s1)c(-c1cc(-c3ccc(-c4ccc(CC(C)(C)C)cc4)cc3)ccn1)[c-]c1ccccc12.[Ir]. The monoisotopic (exact) mass is 901 g/mol. The zero-order valence-corrected chi connectivity index (χ0v) is 35.8. The average molecular weight is 901 g/mol. The summed E-state index contributed by atoms with van der Waals surface area (Å²) in [5, 5.41) is 13.4. The maximum atomic E-state index is 11.7. The van der Waals surface area contributed by atoms with Crippen molar-refractivity contribution < 1.29 is 30.0 Å². The van der Waals surface area contributed by atoms with Crippen LogP contribution in [-0.2, 0) is 31.3 Å². The molecule has 1 N–H and O–H groups in total. The summed E-state index contributed by atoms with van der Waals surface area (Å²) in [5.74, 6) is 0.547. The van der Waals surface area contributed by atoms with E-state index in [0.717, 1.165) is 48.7 Å². The second-order valence-corrected chi connectivity index (χ2v) is 16.3. The van der Waals surface area contributed by atoms with Gasteiger partial charge in [-0.05, 0) is 87.9 Å². The first kappa shape index (κ1) is 41.9. The van der Waals surface area contributed by atoms with Gasteiger partial charge in [-0.15, -0.1) is 17.5 Å². The molecule has 0 aliphatic heterocycles. The summed E-state index contributed by atoms with van der Waals surface area (Å²) >= 11 is 1.82. The largest absolute Gasteiger partial charge is 0.512 e. The fourth-order valence-electron chi connectivity index (χ4n) is 6.91. The summed E-state index contributed by atoms with van der Waals surface area (Å²) in [6.07, 6.45) is 7.91. The first-order valence-electron chi connectivity index (χ1n) is 18.9. The summed E-state index contributed by atoms with van der Waals surface area (Å²) in [5.41, 5.74) is 8.58. The molecular formula is C48H54IrNO2S-. The number of aliphatic hydroxyl groups is 1. The van der Waals surface area contributed by atoms with Gasteiger partial charge in [-0.3, -0.25) is 9.78 Å². The molecule has 0 aliphatic carbocycles. The number of aryl methyl sites for hydroxylation is 1. The van der Waals surface area contributed by atoms with Crippen molar-refractivity contribution in [3.05, 3.63) is 126 Å². The van der Waals surface area contributed by atoms with Crippen molar-refractivity contribution in [3.8, 4) is 33.5 Å². The number of fused-ring (bicyclic) bond motifs is 3. The van der Waals surface area contributed by atoms with Crippen LogP contribution >= 0.6 is 11.3 Å². The minimum atomic E-state index is 0. The van der Waals surface area contributed by atoms with E-state index in [0.29, 0.717) is 5.41 Å². The van der Waals surface area contributed by atoms with Gasteiger partial charge >= 0.3 is 0 Å². The number of carbonyl (C=O) groups excluding carboxylic acids is 1. The topological polar surface area (TPSA) is 50.2 Å². The molecule has 0 spiro atoms. The Labute approximate surface area is 335 Å². The summed E-state index contributed by atoms with van der Waals surface area (Å²) in [4.78, 5) is 17.8. The Morgan fingerprint density at radius 2 is 1.34 bits per heavy atom. The third-order valence-corrected chi connectivity index (χ3v) is 11.0. The molecule has 6 rings (SSSR count). The number of hydrogen-bond acceptors (Lipinski definition) is 4. The molecule has 4 aromatic carbocycles. The van der Waals surface area contributed by atoms with E-state index in [1.165, 1.54) is 54.2 Å². The van der Waals surface area contributed by atoms with Crippen LogP contribution in [0.2, 0.25) is 0 Å². The molecule has 0 aliphatic rings. The zero-order valence-electron chi connectivity index (χ0n) is 32.5. The minimum Gasteiger partial charge on any atom is -0.512 e. The third kappa shape index (κ3) is 10.6. The number of pyridine rings is 1. The predicted molar refractivity (Wildman–Crippen MR) is 224 cm³/mol. The van der Waals surface area contributed by atoms with Crippen molar-refractivity contribution >= 4 is 38.0 Å². The second kappa shape index (κ2) is 18.9. The van der Waals surface area contributed by atoms with Crippen molar-refractivity contribution in [3.63, 3.8) is 0 Å². The molecule has 5 heteroatoms. The summed E-state index contributed by atoms with van der Waals surface area (Å²) in [6.45, 7) is 17.1. The molecule has 0 saturated heterocycles. The molecule has 0 saturated carbocycles. The molecule has 279 valence electrons. The smallest absolute Gasteiger partial charge is 0.162 e. The van der Waals surface area contributed by atoms with Gasteiger partial charge in [-0.1, -0.05) is 144 Å². The summed E-state index contributed by atoms with van der Waals surface area (Å²) in [7, 11) is 0. The maximum Gasteiger partial charge on any atom is 0.162 e. The van der Waals surface area contributed by atoms with Gasteiger partial charge in [-0.2, -0.15) is 11.3 Å². The van der Waals surface area contributed by atoms with Gasteiger partial charge in [0.2, 0.25) is 0 Å². The van der Waals surface area contributed by atoms with Crippen LogP contribution in [0.15, 0.2) is 109 Å². The Balaban J connectivity index is 0.000000335. The quantitative estimate of drug-likeness (QED) is 0.0801. The number of allylic oxidation sites excluding steroid dienone is 2. The predicted octanol–water partition coefficient (Wildman–Crippen LogP) is 14.0. The molecule has 0 atom stereocenters. The summed E-state index contributed by atoms with van der Waals surface area (Å²) in [6, 6.07) is 36.6. The molecule has 0 bridgehead atoms. The minimum absolute atomic E-state index is 0. The Kier molecular flexibility index (Phi) is 14.9. The molecule has 53 heavy (non-hydrogen) atoms. The van der Waals surface area contributed by atoms with Gasteiger partial charge in [0, 0.05) is 49.9 Å². The van der Waals surface area contributed by atoms with E-state index in [1.54, 1.807) is 0 Å². The average Bonchev–Trinajstić information content (AvgIpc) is 3.54. The molecule has 2 aromatic heterocycles. The van der Waals surface area contributed by atoms with Crippen molar-refractivity contribution in [2.75, 3.05) is 0 Å². The van der Waals surface area contributed by atoms with Gasteiger partial charge in [0.05, 0.1) is 5.76 Å². The fourth-order valence-corrected chi connectivity index (χ4v) is 7.94. The van der Waals surface area contributed by atoms with E-state index in [1.807, 2.05) is 45.2 Å². The van der Waals surface area contributed by atoms with Crippen LogP contribution in [-0.4, -0.2) is 15.9 Å². The van der Waals surface area contributed by atoms with Crippen LogP contribution in [0.4, 0.5) is 0 Å². The van der Waals surface area contributed by atoms with E-state index in [9.17, 15) is 9.90 Å². The number of ketones is 1. The van der Waals surface area contributed by atoms with Crippen LogP contribution in [0.1, 0.15) is 84.6 Å². The first-order chi connectivity index (χ1) is 24.9. The number of thiophene rings is 1. The Hall–Kier alpha value is -3.89. The standard InChI is InChI=1S/C35H30NS.C13H24O2.Ir/c1-23-19-31-30-8-6-5-7-29(30)20-32(34(31)37-23)33-21-28(17-18-36-33)27-15-13-26(14-16-27)25-11-9-24(10-12-25)22-35(2,3)4;1-5-10(6-2)12(14)9-13(15)11(7-3)8-4;/h5-19,21H,22H2,1-4H3;9-11,14H,5-8H2,1-4H3;/q-1;;/b;12-9-;. The van der Waals surface area contributed by atoms with Gasteiger partial charge in [0.1, 0.15) is 0 Å². The number of rotatable bonds is 11. The first-order valence-corrected chi connectivity index (χ1v) is 19.7. The van der Waals surface area contributed by atoms with E-state index in [-0.39, 0.29) is 43.5 Å². The van der Waals surface area contributed by atoms with Crippen molar-refractivity contribution in [2.45, 2.75) is 87.5 Å². The number of carbonyl (C=O) groups is 1. The molecule has 0 unspecified atom stereocenters. The van der Waals surface area contributed by atoms with Crippen LogP contribution < -0.4 is 0 Å². The van der Waals surface area contributed by atoms with Crippen LogP contribution in [0.25, 0.3) is 54.4 Å². The Morgan fingerprint density at radius 1 is 0.774 bits per heavy atom. The van der Waals surface area contributed by atoms with Gasteiger partial charge in [-0.25, -0.2) is 0 Å². The number of nitrogens with zero attached hydrogens (tertiary/aromatic N) is 1. The third-order valence-electron chi connectivity index (χ3n) is 9.90. The van der Waals surface area contributed by atoms with Crippen molar-refractivity contribution in [1.82, 2.24) is 4.98 Å². The van der Waals surface area contributed by atoms with E-state index >= 15 is 0 Å². The fraction of sp³-hybridized carbons (Fsp3) is 0.333. The van der Waals surface area contributed by atoms with Crippen LogP contribution in [0, 0.1) is 30.2 Å². The molecule has 6 aromatic rings. The van der Waals surface area contributed by atoms with Crippen molar-refractivity contribution in [2.24, 2.45) is 17.3 Å². The molecule has 3 nitrogen and oxygen atoms in total. The Morgan fingerprint density at radius 3 is 1.92 bits per heavy atom. The van der Waals surface area contributed by atoms with E-state index < -0.39 is 0 Å². The normalized spacial score (nSPS) is 11.8. The molecule has 1 radical (unpaired) electrons. The van der Waals surface area contributed by atoms with E-state index in [4.69, 9.17) is 4.98 Å². The van der Waals surface area contributed by atoms with Gasteiger partial charge < -0.3 is 5.11 Å². The number of hydrogen-bond donors (Lipinski definition) is 1. The molecule has 0 amide bonds.